The van der Waals surface area contributed by atoms with Crippen LogP contribution in [0.25, 0.3) is 0 Å². The van der Waals surface area contributed by atoms with Gasteiger partial charge in [0.1, 0.15) is 0 Å². The van der Waals surface area contributed by atoms with Crippen LogP contribution in [0.15, 0.2) is 48.8 Å². The highest BCUT2D eigenvalue weighted by molar-refractivity contribution is 5.47. The van der Waals surface area contributed by atoms with E-state index in [2.05, 4.69) is 72.4 Å². The van der Waals surface area contributed by atoms with Gasteiger partial charge >= 0.3 is 0 Å². The molecule has 0 aliphatic carbocycles. The molecule has 0 radical (unpaired) electrons. The van der Waals surface area contributed by atoms with Gasteiger partial charge in [-0.25, -0.2) is 0 Å². The number of ether oxygens (including phenoxy) is 1. The second-order valence-electron chi connectivity index (χ2n) is 6.80. The molecule has 0 bridgehead atoms. The minimum Gasteiger partial charge on any atom is -0.379 e. The smallest absolute Gasteiger partial charge is 0.0678 e. The van der Waals surface area contributed by atoms with Gasteiger partial charge in [-0.1, -0.05) is 12.1 Å². The lowest BCUT2D eigenvalue weighted by Crippen LogP contribution is -2.44. The number of hydrogen-bond acceptors (Lipinski definition) is 4. The molecule has 1 aromatic heterocycles. The van der Waals surface area contributed by atoms with Gasteiger partial charge in [-0.05, 0) is 56.2 Å². The Hall–Kier alpha value is -1.91. The van der Waals surface area contributed by atoms with Gasteiger partial charge in [0.15, 0.2) is 0 Å². The lowest BCUT2D eigenvalue weighted by atomic mass is 10.1. The molecule has 3 atom stereocenters. The third kappa shape index (κ3) is 4.56. The molecule has 4 heteroatoms. The number of pyridine rings is 1. The van der Waals surface area contributed by atoms with E-state index in [-0.39, 0.29) is 6.04 Å². The number of hydrogen-bond donors (Lipinski definition) is 1. The zero-order chi connectivity index (χ0) is 16.9. The quantitative estimate of drug-likeness (QED) is 0.906. The maximum atomic E-state index is 5.82. The topological polar surface area (TPSA) is 37.4 Å². The van der Waals surface area contributed by atoms with E-state index in [0.29, 0.717) is 12.2 Å². The minimum atomic E-state index is 0.256. The molecule has 2 heterocycles. The largest absolute Gasteiger partial charge is 0.379 e. The Morgan fingerprint density at radius 3 is 2.58 bits per heavy atom. The summed E-state index contributed by atoms with van der Waals surface area (Å²) >= 11 is 0. The summed E-state index contributed by atoms with van der Waals surface area (Å²) in [5, 5.41) is 3.58. The van der Waals surface area contributed by atoms with Crippen LogP contribution in [0.1, 0.15) is 37.9 Å². The Kier molecular flexibility index (Phi) is 5.48. The Bertz CT molecular complexity index is 636. The maximum absolute atomic E-state index is 5.82. The maximum Gasteiger partial charge on any atom is 0.0678 e. The number of anilines is 1. The first-order valence-corrected chi connectivity index (χ1v) is 8.73. The van der Waals surface area contributed by atoms with Crippen molar-refractivity contribution in [2.24, 2.45) is 0 Å². The van der Waals surface area contributed by atoms with E-state index in [9.17, 15) is 0 Å². The van der Waals surface area contributed by atoms with Crippen LogP contribution in [-0.4, -0.2) is 35.2 Å². The van der Waals surface area contributed by atoms with E-state index in [1.54, 1.807) is 0 Å². The second-order valence-corrected chi connectivity index (χ2v) is 6.80. The fourth-order valence-corrected chi connectivity index (χ4v) is 3.42. The van der Waals surface area contributed by atoms with Gasteiger partial charge in [-0.2, -0.15) is 0 Å². The summed E-state index contributed by atoms with van der Waals surface area (Å²) in [5.74, 6) is 0. The van der Waals surface area contributed by atoms with Crippen molar-refractivity contribution in [1.29, 1.82) is 0 Å². The van der Waals surface area contributed by atoms with Crippen LogP contribution in [0.4, 0.5) is 5.69 Å². The van der Waals surface area contributed by atoms with Gasteiger partial charge in [0, 0.05) is 43.8 Å². The number of nitrogens with one attached hydrogen (secondary N) is 1. The van der Waals surface area contributed by atoms with Crippen LogP contribution in [0.3, 0.4) is 0 Å². The fraction of sp³-hybridized carbons (Fsp3) is 0.450. The summed E-state index contributed by atoms with van der Waals surface area (Å²) < 4.78 is 5.82. The van der Waals surface area contributed by atoms with Gasteiger partial charge in [0.25, 0.3) is 0 Å². The van der Waals surface area contributed by atoms with E-state index in [1.165, 1.54) is 11.1 Å². The fourth-order valence-electron chi connectivity index (χ4n) is 3.42. The number of aromatic nitrogens is 1. The molecule has 4 nitrogen and oxygen atoms in total. The van der Waals surface area contributed by atoms with E-state index < -0.39 is 0 Å². The van der Waals surface area contributed by atoms with Gasteiger partial charge in [-0.15, -0.1) is 0 Å². The zero-order valence-electron chi connectivity index (χ0n) is 14.8. The zero-order valence-corrected chi connectivity index (χ0v) is 14.8. The van der Waals surface area contributed by atoms with Gasteiger partial charge < -0.3 is 10.1 Å². The molecule has 1 aliphatic rings. The van der Waals surface area contributed by atoms with Crippen molar-refractivity contribution in [2.75, 3.05) is 18.4 Å². The van der Waals surface area contributed by atoms with E-state index in [0.717, 1.165) is 25.3 Å². The molecule has 1 aliphatic heterocycles. The number of nitrogens with zero attached hydrogens (tertiary/aromatic N) is 2. The molecule has 0 amide bonds. The lowest BCUT2D eigenvalue weighted by Gasteiger charge is -2.35. The summed E-state index contributed by atoms with van der Waals surface area (Å²) in [7, 11) is 0. The second kappa shape index (κ2) is 7.77. The van der Waals surface area contributed by atoms with Crippen molar-refractivity contribution in [3.05, 3.63) is 59.9 Å². The molecule has 0 saturated carbocycles. The van der Waals surface area contributed by atoms with Gasteiger partial charge in [0.2, 0.25) is 0 Å². The molecular weight excluding hydrogens is 298 g/mol. The van der Waals surface area contributed by atoms with Crippen LogP contribution in [0.5, 0.6) is 0 Å². The predicted octanol–water partition coefficient (Wildman–Crippen LogP) is 3.86. The lowest BCUT2D eigenvalue weighted by molar-refractivity contribution is -0.0704. The molecule has 2 aromatic rings. The number of rotatable bonds is 5. The first-order valence-electron chi connectivity index (χ1n) is 8.73. The van der Waals surface area contributed by atoms with Crippen molar-refractivity contribution < 1.29 is 4.74 Å². The third-order valence-corrected chi connectivity index (χ3v) is 4.42. The molecule has 1 saturated heterocycles. The van der Waals surface area contributed by atoms with Crippen LogP contribution in [-0.2, 0) is 11.3 Å². The SMILES string of the molecule is C[C@@H]1CN(Cc2cccc(N[C@H](C)c3ccncc3)c2)C[C@@H](C)O1. The third-order valence-electron chi connectivity index (χ3n) is 4.42. The molecule has 128 valence electrons. The van der Waals surface area contributed by atoms with Crippen molar-refractivity contribution in [3.8, 4) is 0 Å². The molecular formula is C20H27N3O. The van der Waals surface area contributed by atoms with Crippen molar-refractivity contribution in [3.63, 3.8) is 0 Å². The van der Waals surface area contributed by atoms with Crippen molar-refractivity contribution >= 4 is 5.69 Å². The minimum absolute atomic E-state index is 0.256. The molecule has 0 spiro atoms. The molecule has 24 heavy (non-hydrogen) atoms. The normalized spacial score (nSPS) is 23.0. The van der Waals surface area contributed by atoms with Crippen LogP contribution in [0.2, 0.25) is 0 Å². The molecule has 0 unspecified atom stereocenters. The van der Waals surface area contributed by atoms with Crippen LogP contribution >= 0.6 is 0 Å². The van der Waals surface area contributed by atoms with Crippen molar-refractivity contribution in [1.82, 2.24) is 9.88 Å². The Balaban J connectivity index is 1.64. The predicted molar refractivity (Wildman–Crippen MR) is 98.0 cm³/mol. The summed E-state index contributed by atoms with van der Waals surface area (Å²) in [6.45, 7) is 9.43. The first-order chi connectivity index (χ1) is 11.6. The Labute approximate surface area is 144 Å². The van der Waals surface area contributed by atoms with Crippen LogP contribution in [0, 0.1) is 0 Å². The first kappa shape index (κ1) is 16.9. The Morgan fingerprint density at radius 2 is 1.88 bits per heavy atom. The average Bonchev–Trinajstić information content (AvgIpc) is 2.55. The summed E-state index contributed by atoms with van der Waals surface area (Å²) in [4.78, 5) is 6.56. The monoisotopic (exact) mass is 325 g/mol. The molecule has 1 fully saturated rings. The summed E-state index contributed by atoms with van der Waals surface area (Å²) in [5.41, 5.74) is 3.74. The summed E-state index contributed by atoms with van der Waals surface area (Å²) in [6, 6.07) is 13.1. The molecule has 3 rings (SSSR count). The van der Waals surface area contributed by atoms with E-state index in [1.807, 2.05) is 12.4 Å². The number of benzene rings is 1. The molecule has 1 N–H and O–H groups in total. The highest BCUT2D eigenvalue weighted by Crippen LogP contribution is 2.21. The highest BCUT2D eigenvalue weighted by Gasteiger charge is 2.22. The summed E-state index contributed by atoms with van der Waals surface area (Å²) in [6.07, 6.45) is 4.29. The van der Waals surface area contributed by atoms with E-state index in [4.69, 9.17) is 4.74 Å². The number of morpholine rings is 1. The Morgan fingerprint density at radius 1 is 1.17 bits per heavy atom. The van der Waals surface area contributed by atoms with Crippen molar-refractivity contribution in [2.45, 2.75) is 45.6 Å². The molecule has 1 aromatic carbocycles. The van der Waals surface area contributed by atoms with Gasteiger partial charge in [-0.3, -0.25) is 9.88 Å². The van der Waals surface area contributed by atoms with E-state index >= 15 is 0 Å². The van der Waals surface area contributed by atoms with Gasteiger partial charge in [0.05, 0.1) is 12.2 Å². The van der Waals surface area contributed by atoms with Crippen LogP contribution < -0.4 is 5.32 Å². The standard InChI is InChI=1S/C20H27N3O/c1-15-12-23(13-16(2)24-15)14-18-5-4-6-20(11-18)22-17(3)19-7-9-21-10-8-19/h4-11,15-17,22H,12-14H2,1-3H3/t15-,16-,17-/m1/s1. The highest BCUT2D eigenvalue weighted by atomic mass is 16.5. The average molecular weight is 325 g/mol.